The molecule has 11 nitrogen and oxygen atoms in total. The van der Waals surface area contributed by atoms with Gasteiger partial charge in [-0.05, 0) is 51.4 Å². The van der Waals surface area contributed by atoms with Crippen molar-refractivity contribution in [2.75, 3.05) is 56.9 Å². The molecule has 4 heterocycles. The number of hydrogen-bond acceptors (Lipinski definition) is 12. The number of rotatable bonds is 13. The van der Waals surface area contributed by atoms with E-state index in [0.29, 0.717) is 28.7 Å². The molecule has 4 rings (SSSR count). The molecule has 0 radical (unpaired) electrons. The van der Waals surface area contributed by atoms with E-state index in [1.807, 2.05) is 6.26 Å². The van der Waals surface area contributed by atoms with Gasteiger partial charge in [0.1, 0.15) is 5.76 Å². The number of aromatic hydroxyl groups is 1. The second-order valence-electron chi connectivity index (χ2n) is 9.13. The van der Waals surface area contributed by atoms with Crippen LogP contribution in [0.5, 0.6) is 5.75 Å². The number of nitrogens with zero attached hydrogens (tertiary/aromatic N) is 4. The molecule has 0 atom stereocenters. The number of thiophene rings is 1. The highest BCUT2D eigenvalue weighted by Gasteiger charge is 2.26. The lowest BCUT2D eigenvalue weighted by atomic mass is 10.1. The van der Waals surface area contributed by atoms with E-state index in [1.165, 1.54) is 12.0 Å². The average Bonchev–Trinajstić information content (AvgIpc) is 3.58. The number of sulfonamides is 1. The maximum Gasteiger partial charge on any atom is 0.253 e. The number of furan rings is 1. The van der Waals surface area contributed by atoms with E-state index in [1.54, 1.807) is 13.8 Å². The van der Waals surface area contributed by atoms with Crippen LogP contribution in [0.15, 0.2) is 21.0 Å². The third kappa shape index (κ3) is 7.21. The highest BCUT2D eigenvalue weighted by Crippen LogP contribution is 2.43. The van der Waals surface area contributed by atoms with E-state index < -0.39 is 10.0 Å². The molecule has 14 heteroatoms. The van der Waals surface area contributed by atoms with Crippen molar-refractivity contribution in [1.29, 1.82) is 0 Å². The van der Waals surface area contributed by atoms with E-state index in [4.69, 9.17) is 4.42 Å². The Bertz CT molecular complexity index is 1260. The van der Waals surface area contributed by atoms with Gasteiger partial charge in [0.2, 0.25) is 0 Å². The normalized spacial score (nSPS) is 15.3. The van der Waals surface area contributed by atoms with Gasteiger partial charge >= 0.3 is 0 Å². The first kappa shape index (κ1) is 27.8. The fraction of sp³-hybridized carbons (Fsp3) is 0.565. The summed E-state index contributed by atoms with van der Waals surface area (Å²) in [5, 5.41) is 16.8. The van der Waals surface area contributed by atoms with Gasteiger partial charge in [0.15, 0.2) is 21.6 Å². The monoisotopic (exact) mass is 569 g/mol. The van der Waals surface area contributed by atoms with Crippen molar-refractivity contribution in [1.82, 2.24) is 23.3 Å². The number of nitrogens with one attached hydrogen (secondary N) is 3. The zero-order valence-corrected chi connectivity index (χ0v) is 23.9. The lowest BCUT2D eigenvalue weighted by molar-refractivity contribution is 0.152. The number of likely N-dealkylation sites (N-methyl/N-ethyl adjacent to an activating group) is 1. The molecule has 0 amide bonds. The van der Waals surface area contributed by atoms with E-state index in [0.717, 1.165) is 74.4 Å². The Hall–Kier alpha value is -2.23. The SMILES string of the molecule is CCNS(=O)(=O)c1sc(C)c(Nc2nsnc2NCc2cc(CCCCN3CCN(C)CC3)co2)c1O. The molecule has 37 heavy (non-hydrogen) atoms. The third-order valence-corrected chi connectivity index (χ3v) is 9.94. The first-order valence-electron chi connectivity index (χ1n) is 12.4. The molecule has 3 aromatic rings. The van der Waals surface area contributed by atoms with Crippen molar-refractivity contribution in [3.8, 4) is 5.75 Å². The van der Waals surface area contributed by atoms with Crippen LogP contribution < -0.4 is 15.4 Å². The first-order valence-corrected chi connectivity index (χ1v) is 15.4. The van der Waals surface area contributed by atoms with Gasteiger partial charge in [0.25, 0.3) is 10.0 Å². The summed E-state index contributed by atoms with van der Waals surface area (Å²) in [6, 6.07) is 2.06. The van der Waals surface area contributed by atoms with Crippen LogP contribution in [-0.2, 0) is 23.0 Å². The van der Waals surface area contributed by atoms with Crippen LogP contribution in [0, 0.1) is 6.92 Å². The topological polar surface area (TPSA) is 136 Å². The predicted octanol–water partition coefficient (Wildman–Crippen LogP) is 3.43. The Labute approximate surface area is 226 Å². The number of aromatic nitrogens is 2. The first-order chi connectivity index (χ1) is 17.8. The number of aryl methyl sites for hydroxylation is 2. The average molecular weight is 570 g/mol. The maximum atomic E-state index is 12.4. The van der Waals surface area contributed by atoms with Gasteiger partial charge in [-0.25, -0.2) is 13.1 Å². The molecule has 204 valence electrons. The molecule has 3 aromatic heterocycles. The highest BCUT2D eigenvalue weighted by molar-refractivity contribution is 7.91. The smallest absolute Gasteiger partial charge is 0.253 e. The highest BCUT2D eigenvalue weighted by atomic mass is 32.2. The molecule has 0 bridgehead atoms. The summed E-state index contributed by atoms with van der Waals surface area (Å²) in [5.74, 6) is 1.37. The fourth-order valence-electron chi connectivity index (χ4n) is 4.15. The number of hydrogen-bond donors (Lipinski definition) is 4. The van der Waals surface area contributed by atoms with Crippen LogP contribution >= 0.6 is 23.1 Å². The molecule has 1 fully saturated rings. The zero-order chi connectivity index (χ0) is 26.4. The Balaban J connectivity index is 1.28. The molecule has 0 saturated carbocycles. The maximum absolute atomic E-state index is 12.4. The van der Waals surface area contributed by atoms with Gasteiger partial charge in [-0.3, -0.25) is 0 Å². The summed E-state index contributed by atoms with van der Waals surface area (Å²) in [4.78, 5) is 5.54. The molecule has 4 N–H and O–H groups in total. The Kier molecular flexibility index (Phi) is 9.42. The van der Waals surface area contributed by atoms with Gasteiger partial charge in [-0.2, -0.15) is 8.75 Å². The van der Waals surface area contributed by atoms with Crippen LogP contribution in [0.3, 0.4) is 0 Å². The fourth-order valence-corrected chi connectivity index (χ4v) is 7.23. The molecule has 1 aliphatic rings. The number of anilines is 3. The summed E-state index contributed by atoms with van der Waals surface area (Å²) < 4.78 is 41.3. The van der Waals surface area contributed by atoms with E-state index in [2.05, 4.69) is 47.0 Å². The minimum Gasteiger partial charge on any atom is -0.504 e. The second kappa shape index (κ2) is 12.5. The molecule has 1 saturated heterocycles. The van der Waals surface area contributed by atoms with Gasteiger partial charge < -0.3 is 30.0 Å². The molecule has 0 unspecified atom stereocenters. The summed E-state index contributed by atoms with van der Waals surface area (Å²) in [5.41, 5.74) is 1.48. The van der Waals surface area contributed by atoms with Crippen LogP contribution in [0.2, 0.25) is 0 Å². The minimum absolute atomic E-state index is 0.126. The third-order valence-electron chi connectivity index (χ3n) is 6.26. The van der Waals surface area contributed by atoms with Crippen LogP contribution in [0.4, 0.5) is 17.3 Å². The minimum atomic E-state index is -3.78. The van der Waals surface area contributed by atoms with Gasteiger partial charge in [-0.1, -0.05) is 6.92 Å². The second-order valence-corrected chi connectivity index (χ2v) is 12.8. The molecular formula is C23H35N7O4S3. The van der Waals surface area contributed by atoms with Crippen LogP contribution in [0.1, 0.15) is 36.0 Å². The predicted molar refractivity (Wildman–Crippen MR) is 148 cm³/mol. The van der Waals surface area contributed by atoms with E-state index in [-0.39, 0.29) is 16.5 Å². The van der Waals surface area contributed by atoms with Crippen LogP contribution in [0.25, 0.3) is 0 Å². The number of piperazine rings is 1. The summed E-state index contributed by atoms with van der Waals surface area (Å²) in [6.07, 6.45) is 5.09. The molecule has 0 aromatic carbocycles. The molecule has 1 aliphatic heterocycles. The summed E-state index contributed by atoms with van der Waals surface area (Å²) >= 11 is 2.01. The lowest BCUT2D eigenvalue weighted by Crippen LogP contribution is -2.44. The van der Waals surface area contributed by atoms with Crippen molar-refractivity contribution in [2.24, 2.45) is 0 Å². The van der Waals surface area contributed by atoms with Crippen molar-refractivity contribution >= 4 is 50.4 Å². The summed E-state index contributed by atoms with van der Waals surface area (Å²) in [7, 11) is -1.60. The molecular weight excluding hydrogens is 534 g/mol. The van der Waals surface area contributed by atoms with Crippen molar-refractivity contribution in [2.45, 2.75) is 43.9 Å². The van der Waals surface area contributed by atoms with Crippen LogP contribution in [-0.4, -0.2) is 78.4 Å². The van der Waals surface area contributed by atoms with Crippen molar-refractivity contribution < 1.29 is 17.9 Å². The van der Waals surface area contributed by atoms with Gasteiger partial charge in [0, 0.05) is 37.6 Å². The molecule has 0 spiro atoms. The zero-order valence-electron chi connectivity index (χ0n) is 21.4. The quantitative estimate of drug-likeness (QED) is 0.227. The Morgan fingerprint density at radius 3 is 2.68 bits per heavy atom. The summed E-state index contributed by atoms with van der Waals surface area (Å²) in [6.45, 7) is 9.84. The van der Waals surface area contributed by atoms with Crippen molar-refractivity contribution in [3.05, 3.63) is 28.5 Å². The van der Waals surface area contributed by atoms with Gasteiger partial charge in [-0.15, -0.1) is 11.3 Å². The van der Waals surface area contributed by atoms with E-state index in [9.17, 15) is 13.5 Å². The molecule has 0 aliphatic carbocycles. The van der Waals surface area contributed by atoms with E-state index >= 15 is 0 Å². The standard InChI is InChI=1S/C23H35N7O4S3/c1-4-25-37(32,33)23-20(31)19(16(2)35-23)26-22-21(27-36-28-22)24-14-18-13-17(15-34-18)7-5-6-8-30-11-9-29(3)10-12-30/h13,15,25,31H,4-12,14H2,1-3H3,(H,24,27)(H,26,28). The Morgan fingerprint density at radius 2 is 1.92 bits per heavy atom. The Morgan fingerprint density at radius 1 is 1.16 bits per heavy atom. The van der Waals surface area contributed by atoms with Gasteiger partial charge in [0.05, 0.1) is 30.2 Å². The number of unbranched alkanes of at least 4 members (excludes halogenated alkanes) is 1. The largest absolute Gasteiger partial charge is 0.504 e. The lowest BCUT2D eigenvalue weighted by Gasteiger charge is -2.32. The van der Waals surface area contributed by atoms with Crippen molar-refractivity contribution in [3.63, 3.8) is 0 Å².